The fourth-order valence-corrected chi connectivity index (χ4v) is 4.06. The topological polar surface area (TPSA) is 42.0 Å². The highest BCUT2D eigenvalue weighted by atomic mass is 16.5. The lowest BCUT2D eigenvalue weighted by molar-refractivity contribution is -0.119. The lowest BCUT2D eigenvalue weighted by Crippen LogP contribution is -2.47. The summed E-state index contributed by atoms with van der Waals surface area (Å²) in [4.78, 5) is 17.1. The van der Waals surface area contributed by atoms with Crippen LogP contribution in [0.4, 0.5) is 5.69 Å². The molecule has 2 aromatic carbocycles. The van der Waals surface area contributed by atoms with E-state index in [-0.39, 0.29) is 11.9 Å². The van der Waals surface area contributed by atoms with Crippen LogP contribution < -0.4 is 14.4 Å². The van der Waals surface area contributed by atoms with Crippen LogP contribution in [0.2, 0.25) is 0 Å². The molecule has 0 atom stereocenters. The van der Waals surface area contributed by atoms with E-state index in [1.54, 1.807) is 14.2 Å². The molecule has 5 heteroatoms. The molecule has 0 radical (unpaired) electrons. The van der Waals surface area contributed by atoms with Crippen LogP contribution in [-0.2, 0) is 11.2 Å². The number of amides is 1. The monoisotopic (exact) mass is 396 g/mol. The Labute approximate surface area is 174 Å². The Morgan fingerprint density at radius 1 is 1.07 bits per heavy atom. The maximum absolute atomic E-state index is 12.6. The standard InChI is InChI=1S/C24H32N2O3/c1-4-24(27)26(20-8-6-5-7-9-20)21-13-16-25(17-14-21)15-12-19-10-11-22(28-2)18-23(19)29-3/h5-11,18,21H,4,12-17H2,1-3H3. The molecule has 1 heterocycles. The highest BCUT2D eigenvalue weighted by Crippen LogP contribution is 2.27. The van der Waals surface area contributed by atoms with Crippen molar-refractivity contribution in [1.82, 2.24) is 4.90 Å². The zero-order valence-electron chi connectivity index (χ0n) is 17.8. The molecule has 0 N–H and O–H groups in total. The number of hydrogen-bond acceptors (Lipinski definition) is 4. The number of rotatable bonds is 8. The Kier molecular flexibility index (Phi) is 7.53. The highest BCUT2D eigenvalue weighted by Gasteiger charge is 2.28. The minimum absolute atomic E-state index is 0.206. The second-order valence-corrected chi connectivity index (χ2v) is 7.45. The van der Waals surface area contributed by atoms with Crippen molar-refractivity contribution in [2.24, 2.45) is 0 Å². The number of anilines is 1. The maximum Gasteiger partial charge on any atom is 0.226 e. The van der Waals surface area contributed by atoms with Crippen LogP contribution in [0.5, 0.6) is 11.5 Å². The summed E-state index contributed by atoms with van der Waals surface area (Å²) in [6, 6.07) is 16.4. The highest BCUT2D eigenvalue weighted by molar-refractivity contribution is 5.93. The molecule has 156 valence electrons. The molecular formula is C24H32N2O3. The third kappa shape index (κ3) is 5.30. The van der Waals surface area contributed by atoms with Crippen molar-refractivity contribution < 1.29 is 14.3 Å². The average molecular weight is 397 g/mol. The van der Waals surface area contributed by atoms with Gasteiger partial charge in [0, 0.05) is 43.9 Å². The van der Waals surface area contributed by atoms with E-state index in [0.29, 0.717) is 6.42 Å². The Morgan fingerprint density at radius 2 is 1.79 bits per heavy atom. The molecule has 0 spiro atoms. The molecule has 2 aromatic rings. The van der Waals surface area contributed by atoms with Gasteiger partial charge in [0.25, 0.3) is 0 Å². The Balaban J connectivity index is 1.58. The summed E-state index contributed by atoms with van der Waals surface area (Å²) in [7, 11) is 3.37. The molecule has 0 aliphatic carbocycles. The number of piperidine rings is 1. The third-order valence-electron chi connectivity index (χ3n) is 5.72. The van der Waals surface area contributed by atoms with Crippen LogP contribution in [0.1, 0.15) is 31.7 Å². The van der Waals surface area contributed by atoms with Gasteiger partial charge < -0.3 is 19.3 Å². The number of benzene rings is 2. The van der Waals surface area contributed by atoms with Crippen LogP contribution in [-0.4, -0.2) is 50.7 Å². The SMILES string of the molecule is CCC(=O)N(c1ccccc1)C1CCN(CCc2ccc(OC)cc2OC)CC1. The molecule has 1 saturated heterocycles. The lowest BCUT2D eigenvalue weighted by Gasteiger charge is -2.38. The predicted octanol–water partition coefficient (Wildman–Crippen LogP) is 4.15. The predicted molar refractivity (Wildman–Crippen MR) is 117 cm³/mol. The number of carbonyl (C=O) groups is 1. The fraction of sp³-hybridized carbons (Fsp3) is 0.458. The first-order chi connectivity index (χ1) is 14.2. The third-order valence-corrected chi connectivity index (χ3v) is 5.72. The van der Waals surface area contributed by atoms with Gasteiger partial charge in [0.1, 0.15) is 11.5 Å². The molecule has 0 bridgehead atoms. The fourth-order valence-electron chi connectivity index (χ4n) is 4.06. The number of carbonyl (C=O) groups excluding carboxylic acids is 1. The van der Waals surface area contributed by atoms with Crippen molar-refractivity contribution in [2.45, 2.75) is 38.6 Å². The van der Waals surface area contributed by atoms with Gasteiger partial charge in [-0.15, -0.1) is 0 Å². The minimum atomic E-state index is 0.206. The largest absolute Gasteiger partial charge is 0.497 e. The average Bonchev–Trinajstić information content (AvgIpc) is 2.79. The maximum atomic E-state index is 12.6. The van der Waals surface area contributed by atoms with E-state index in [0.717, 1.165) is 56.1 Å². The zero-order chi connectivity index (χ0) is 20.6. The molecule has 0 unspecified atom stereocenters. The second-order valence-electron chi connectivity index (χ2n) is 7.45. The van der Waals surface area contributed by atoms with E-state index in [1.165, 1.54) is 5.56 Å². The van der Waals surface area contributed by atoms with E-state index >= 15 is 0 Å². The summed E-state index contributed by atoms with van der Waals surface area (Å²) in [6.45, 7) is 4.94. The van der Waals surface area contributed by atoms with Gasteiger partial charge >= 0.3 is 0 Å². The van der Waals surface area contributed by atoms with Crippen molar-refractivity contribution in [3.63, 3.8) is 0 Å². The molecular weight excluding hydrogens is 364 g/mol. The first-order valence-electron chi connectivity index (χ1n) is 10.5. The zero-order valence-corrected chi connectivity index (χ0v) is 17.8. The van der Waals surface area contributed by atoms with Crippen LogP contribution >= 0.6 is 0 Å². The molecule has 1 amide bonds. The van der Waals surface area contributed by atoms with E-state index in [1.807, 2.05) is 54.3 Å². The number of likely N-dealkylation sites (tertiary alicyclic amines) is 1. The summed E-state index contributed by atoms with van der Waals surface area (Å²) in [6.07, 6.45) is 3.47. The molecule has 5 nitrogen and oxygen atoms in total. The van der Waals surface area contributed by atoms with Gasteiger partial charge in [0.05, 0.1) is 14.2 Å². The number of hydrogen-bond donors (Lipinski definition) is 0. The van der Waals surface area contributed by atoms with Crippen LogP contribution in [0.3, 0.4) is 0 Å². The van der Waals surface area contributed by atoms with E-state index in [2.05, 4.69) is 11.0 Å². The summed E-state index contributed by atoms with van der Waals surface area (Å²) >= 11 is 0. The van der Waals surface area contributed by atoms with E-state index < -0.39 is 0 Å². The molecule has 1 fully saturated rings. The molecule has 29 heavy (non-hydrogen) atoms. The Morgan fingerprint density at radius 3 is 2.41 bits per heavy atom. The Bertz CT molecular complexity index is 786. The normalized spacial score (nSPS) is 15.1. The van der Waals surface area contributed by atoms with E-state index in [4.69, 9.17) is 9.47 Å². The summed E-state index contributed by atoms with van der Waals surface area (Å²) < 4.78 is 10.8. The van der Waals surface area contributed by atoms with Crippen molar-refractivity contribution in [1.29, 1.82) is 0 Å². The summed E-state index contributed by atoms with van der Waals surface area (Å²) in [5.41, 5.74) is 2.21. The number of para-hydroxylation sites is 1. The first-order valence-corrected chi connectivity index (χ1v) is 10.5. The van der Waals surface area contributed by atoms with Crippen molar-refractivity contribution in [3.05, 3.63) is 54.1 Å². The Hall–Kier alpha value is -2.53. The smallest absolute Gasteiger partial charge is 0.226 e. The van der Waals surface area contributed by atoms with Gasteiger partial charge in [-0.05, 0) is 43.0 Å². The molecule has 0 aromatic heterocycles. The quantitative estimate of drug-likeness (QED) is 0.672. The van der Waals surface area contributed by atoms with Gasteiger partial charge in [-0.1, -0.05) is 31.2 Å². The first kappa shape index (κ1) is 21.2. The lowest BCUT2D eigenvalue weighted by atomic mass is 10.0. The molecule has 1 aliphatic heterocycles. The van der Waals surface area contributed by atoms with Crippen molar-refractivity contribution >= 4 is 11.6 Å². The van der Waals surface area contributed by atoms with Gasteiger partial charge in [-0.25, -0.2) is 0 Å². The number of ether oxygens (including phenoxy) is 2. The summed E-state index contributed by atoms with van der Waals surface area (Å²) in [5, 5.41) is 0. The van der Waals surface area contributed by atoms with Crippen molar-refractivity contribution in [3.8, 4) is 11.5 Å². The van der Waals surface area contributed by atoms with Gasteiger partial charge in [-0.2, -0.15) is 0 Å². The van der Waals surface area contributed by atoms with Crippen molar-refractivity contribution in [2.75, 3.05) is 38.8 Å². The number of nitrogens with zero attached hydrogens (tertiary/aromatic N) is 2. The van der Waals surface area contributed by atoms with Gasteiger partial charge in [-0.3, -0.25) is 4.79 Å². The van der Waals surface area contributed by atoms with Gasteiger partial charge in [0.15, 0.2) is 0 Å². The molecule has 0 saturated carbocycles. The van der Waals surface area contributed by atoms with Crippen LogP contribution in [0.15, 0.2) is 48.5 Å². The molecule has 1 aliphatic rings. The minimum Gasteiger partial charge on any atom is -0.497 e. The second kappa shape index (κ2) is 10.3. The summed E-state index contributed by atoms with van der Waals surface area (Å²) in [5.74, 6) is 1.90. The molecule has 3 rings (SSSR count). The number of methoxy groups -OCH3 is 2. The van der Waals surface area contributed by atoms with Gasteiger partial charge in [0.2, 0.25) is 5.91 Å². The van der Waals surface area contributed by atoms with Crippen LogP contribution in [0.25, 0.3) is 0 Å². The van der Waals surface area contributed by atoms with E-state index in [9.17, 15) is 4.79 Å². The van der Waals surface area contributed by atoms with Crippen LogP contribution in [0, 0.1) is 0 Å².